The van der Waals surface area contributed by atoms with E-state index in [2.05, 4.69) is 9.71 Å². The monoisotopic (exact) mass is 422 g/mol. The molecule has 0 aliphatic heterocycles. The number of sulfonamides is 1. The van der Waals surface area contributed by atoms with E-state index in [1.54, 1.807) is 42.6 Å². The quantitative estimate of drug-likeness (QED) is 0.595. The van der Waals surface area contributed by atoms with Gasteiger partial charge in [-0.05, 0) is 79.3 Å². The Labute approximate surface area is 176 Å². The minimum Gasteiger partial charge on any atom is -0.257 e. The fourth-order valence-electron chi connectivity index (χ4n) is 3.89. The van der Waals surface area contributed by atoms with Crippen LogP contribution in [0.3, 0.4) is 0 Å². The molecule has 4 rings (SSSR count). The van der Waals surface area contributed by atoms with Crippen molar-refractivity contribution in [1.29, 1.82) is 0 Å². The number of nitrogens with zero attached hydrogens (tertiary/aromatic N) is 1. The maximum Gasteiger partial charge on any atom is 0.241 e. The third-order valence-corrected chi connectivity index (χ3v) is 6.81. The first-order valence-corrected chi connectivity index (χ1v) is 11.4. The second-order valence-electron chi connectivity index (χ2n) is 7.49. The van der Waals surface area contributed by atoms with E-state index in [0.717, 1.165) is 41.7 Å². The molecule has 1 heterocycles. The van der Waals surface area contributed by atoms with Crippen LogP contribution in [0.2, 0.25) is 0 Å². The van der Waals surface area contributed by atoms with E-state index in [-0.39, 0.29) is 4.90 Å². The van der Waals surface area contributed by atoms with Gasteiger partial charge in [0.2, 0.25) is 10.0 Å². The van der Waals surface area contributed by atoms with Crippen LogP contribution in [0.4, 0.5) is 4.39 Å². The molecular weight excluding hydrogens is 399 g/mol. The number of pyridine rings is 1. The van der Waals surface area contributed by atoms with Crippen molar-refractivity contribution in [2.24, 2.45) is 0 Å². The fraction of sp³-hybridized carbons (Fsp3) is 0.208. The summed E-state index contributed by atoms with van der Waals surface area (Å²) in [7, 11) is -3.81. The van der Waals surface area contributed by atoms with E-state index < -0.39 is 21.9 Å². The molecule has 0 fully saturated rings. The maximum atomic E-state index is 14.0. The van der Waals surface area contributed by atoms with Crippen molar-refractivity contribution in [3.8, 4) is 0 Å². The summed E-state index contributed by atoms with van der Waals surface area (Å²) >= 11 is 0. The molecule has 1 N–H and O–H groups in total. The van der Waals surface area contributed by atoms with E-state index in [1.807, 2.05) is 25.1 Å². The van der Waals surface area contributed by atoms with Crippen molar-refractivity contribution < 1.29 is 12.8 Å². The van der Waals surface area contributed by atoms with Gasteiger partial charge in [0.1, 0.15) is 5.82 Å². The number of allylic oxidation sites excluding steroid dienone is 1. The lowest BCUT2D eigenvalue weighted by molar-refractivity contribution is 0.566. The van der Waals surface area contributed by atoms with E-state index in [1.165, 1.54) is 12.1 Å². The molecule has 1 unspecified atom stereocenters. The number of rotatable bonds is 6. The molecule has 1 aliphatic rings. The van der Waals surface area contributed by atoms with E-state index in [4.69, 9.17) is 0 Å². The zero-order chi connectivity index (χ0) is 21.1. The smallest absolute Gasteiger partial charge is 0.241 e. The molecule has 3 aromatic rings. The highest BCUT2D eigenvalue weighted by Gasteiger charge is 2.30. The number of nitrogens with one attached hydrogen (secondary N) is 1. The molecular formula is C24H23FN2O2S. The van der Waals surface area contributed by atoms with Gasteiger partial charge in [-0.3, -0.25) is 4.98 Å². The fourth-order valence-corrected chi connectivity index (χ4v) is 5.11. The van der Waals surface area contributed by atoms with Crippen LogP contribution in [-0.2, 0) is 10.0 Å². The zero-order valence-electron chi connectivity index (χ0n) is 16.7. The highest BCUT2D eigenvalue weighted by atomic mass is 32.2. The molecule has 1 atom stereocenters. The molecule has 1 aromatic heterocycles. The number of aryl methyl sites for hydroxylation is 1. The van der Waals surface area contributed by atoms with Crippen molar-refractivity contribution in [2.75, 3.05) is 0 Å². The standard InChI is InChI=1S/C24H23FN2O2S/c1-17-11-13-20(14-12-17)30(28,29)27-24(18-6-4-7-19(25)16-18)22-9-5-8-21(22)23-10-2-3-15-26-23/h2-4,6-7,10-16,24,27H,5,8-9H2,1H3. The van der Waals surface area contributed by atoms with E-state index in [0.29, 0.717) is 5.56 Å². The highest BCUT2D eigenvalue weighted by Crippen LogP contribution is 2.40. The van der Waals surface area contributed by atoms with Gasteiger partial charge in [-0.25, -0.2) is 12.8 Å². The van der Waals surface area contributed by atoms with Crippen LogP contribution in [0.1, 0.15) is 42.1 Å². The summed E-state index contributed by atoms with van der Waals surface area (Å²) in [6, 6.07) is 17.8. The largest absolute Gasteiger partial charge is 0.257 e. The first-order chi connectivity index (χ1) is 14.4. The predicted octanol–water partition coefficient (Wildman–Crippen LogP) is 5.19. The zero-order valence-corrected chi connectivity index (χ0v) is 17.5. The predicted molar refractivity (Wildman–Crippen MR) is 116 cm³/mol. The molecule has 0 saturated carbocycles. The molecule has 154 valence electrons. The summed E-state index contributed by atoms with van der Waals surface area (Å²) in [5.41, 5.74) is 4.36. The number of hydrogen-bond donors (Lipinski definition) is 1. The van der Waals surface area contributed by atoms with Gasteiger partial charge in [0.05, 0.1) is 16.6 Å². The third kappa shape index (κ3) is 4.35. The summed E-state index contributed by atoms with van der Waals surface area (Å²) in [5.74, 6) is -0.398. The second-order valence-corrected chi connectivity index (χ2v) is 9.21. The summed E-state index contributed by atoms with van der Waals surface area (Å²) in [6.45, 7) is 1.90. The Morgan fingerprint density at radius 3 is 2.50 bits per heavy atom. The highest BCUT2D eigenvalue weighted by molar-refractivity contribution is 7.89. The number of aromatic nitrogens is 1. The summed E-state index contributed by atoms with van der Waals surface area (Å²) in [4.78, 5) is 4.65. The third-order valence-electron chi connectivity index (χ3n) is 5.37. The van der Waals surface area contributed by atoms with Gasteiger partial charge in [0.15, 0.2) is 0 Å². The average molecular weight is 423 g/mol. The Kier molecular flexibility index (Phi) is 5.79. The Morgan fingerprint density at radius 2 is 1.80 bits per heavy atom. The summed E-state index contributed by atoms with van der Waals surface area (Å²) in [6.07, 6.45) is 4.17. The van der Waals surface area contributed by atoms with Gasteiger partial charge in [-0.2, -0.15) is 4.72 Å². The molecule has 30 heavy (non-hydrogen) atoms. The molecule has 1 aliphatic carbocycles. The normalized spacial score (nSPS) is 15.4. The van der Waals surface area contributed by atoms with E-state index >= 15 is 0 Å². The average Bonchev–Trinajstić information content (AvgIpc) is 3.23. The molecule has 0 bridgehead atoms. The maximum absolute atomic E-state index is 14.0. The Bertz CT molecular complexity index is 1170. The van der Waals surface area contributed by atoms with Gasteiger partial charge in [0, 0.05) is 6.20 Å². The minimum atomic E-state index is -3.81. The van der Waals surface area contributed by atoms with Gasteiger partial charge < -0.3 is 0 Å². The molecule has 0 radical (unpaired) electrons. The Balaban J connectivity index is 1.80. The van der Waals surface area contributed by atoms with Crippen molar-refractivity contribution >= 4 is 15.6 Å². The minimum absolute atomic E-state index is 0.187. The van der Waals surface area contributed by atoms with Crippen LogP contribution in [0.15, 0.2) is 83.4 Å². The first kappa shape index (κ1) is 20.4. The Morgan fingerprint density at radius 1 is 1.00 bits per heavy atom. The Hall–Kier alpha value is -2.83. The molecule has 0 saturated heterocycles. The molecule has 6 heteroatoms. The van der Waals surface area contributed by atoms with Crippen molar-refractivity contribution in [2.45, 2.75) is 37.1 Å². The molecule has 0 spiro atoms. The van der Waals surface area contributed by atoms with Crippen LogP contribution in [0, 0.1) is 12.7 Å². The summed E-state index contributed by atoms with van der Waals surface area (Å²) < 4.78 is 43.2. The number of halogens is 1. The van der Waals surface area contributed by atoms with E-state index in [9.17, 15) is 12.8 Å². The van der Waals surface area contributed by atoms with Crippen LogP contribution in [0.5, 0.6) is 0 Å². The van der Waals surface area contributed by atoms with Crippen molar-refractivity contribution in [3.05, 3.63) is 101 Å². The lowest BCUT2D eigenvalue weighted by Crippen LogP contribution is -2.30. The van der Waals surface area contributed by atoms with Crippen LogP contribution in [-0.4, -0.2) is 13.4 Å². The topological polar surface area (TPSA) is 59.1 Å². The molecule has 0 amide bonds. The molecule has 2 aromatic carbocycles. The molecule has 4 nitrogen and oxygen atoms in total. The van der Waals surface area contributed by atoms with Gasteiger partial charge in [-0.15, -0.1) is 0 Å². The van der Waals surface area contributed by atoms with Crippen molar-refractivity contribution in [3.63, 3.8) is 0 Å². The SMILES string of the molecule is Cc1ccc(S(=O)(=O)NC(C2=C(c3ccccn3)CCC2)c2cccc(F)c2)cc1. The first-order valence-electron chi connectivity index (χ1n) is 9.92. The van der Waals surface area contributed by atoms with Crippen LogP contribution < -0.4 is 4.72 Å². The lowest BCUT2D eigenvalue weighted by atomic mass is 9.95. The van der Waals surface area contributed by atoms with Crippen LogP contribution >= 0.6 is 0 Å². The second kappa shape index (κ2) is 8.50. The number of benzene rings is 2. The summed E-state index contributed by atoms with van der Waals surface area (Å²) in [5, 5.41) is 0. The van der Waals surface area contributed by atoms with Crippen molar-refractivity contribution in [1.82, 2.24) is 9.71 Å². The lowest BCUT2D eigenvalue weighted by Gasteiger charge is -2.23. The van der Waals surface area contributed by atoms with Gasteiger partial charge in [0.25, 0.3) is 0 Å². The van der Waals surface area contributed by atoms with Gasteiger partial charge in [-0.1, -0.05) is 35.9 Å². The number of hydrogen-bond acceptors (Lipinski definition) is 3. The van der Waals surface area contributed by atoms with Gasteiger partial charge >= 0.3 is 0 Å². The van der Waals surface area contributed by atoms with Crippen LogP contribution in [0.25, 0.3) is 5.57 Å².